The molecule has 0 aliphatic heterocycles. The van der Waals surface area contributed by atoms with Crippen LogP contribution in [0.25, 0.3) is 0 Å². The summed E-state index contributed by atoms with van der Waals surface area (Å²) in [5, 5.41) is 2.85. The standard InChI is InChI=1S/C14H21F2N3.HI/c1-10(2)6-8-18-14(17)19-9-7-11-12(15)4-3-5-13(11)16;/h3-5,10H,6-9H2,1-2H3,(H3,17,18,19);1H. The highest BCUT2D eigenvalue weighted by molar-refractivity contribution is 14.0. The van der Waals surface area contributed by atoms with Gasteiger partial charge in [-0.2, -0.15) is 0 Å². The zero-order valence-electron chi connectivity index (χ0n) is 11.8. The summed E-state index contributed by atoms with van der Waals surface area (Å²) in [7, 11) is 0. The highest BCUT2D eigenvalue weighted by Crippen LogP contribution is 2.11. The lowest BCUT2D eigenvalue weighted by atomic mass is 10.1. The predicted octanol–water partition coefficient (Wildman–Crippen LogP) is 3.08. The maximum atomic E-state index is 13.3. The molecule has 0 unspecified atom stereocenters. The van der Waals surface area contributed by atoms with Crippen LogP contribution in [-0.4, -0.2) is 19.0 Å². The van der Waals surface area contributed by atoms with E-state index in [2.05, 4.69) is 24.2 Å². The molecule has 0 saturated heterocycles. The van der Waals surface area contributed by atoms with Crippen molar-refractivity contribution in [2.45, 2.75) is 26.7 Å². The average molecular weight is 397 g/mol. The van der Waals surface area contributed by atoms with Crippen molar-refractivity contribution in [3.63, 3.8) is 0 Å². The molecule has 0 heterocycles. The van der Waals surface area contributed by atoms with Crippen LogP contribution in [0, 0.1) is 17.6 Å². The van der Waals surface area contributed by atoms with Crippen LogP contribution in [0.5, 0.6) is 0 Å². The summed E-state index contributed by atoms with van der Waals surface area (Å²) in [5.41, 5.74) is 5.73. The molecule has 0 spiro atoms. The van der Waals surface area contributed by atoms with Gasteiger partial charge in [0.05, 0.1) is 0 Å². The highest BCUT2D eigenvalue weighted by Gasteiger charge is 2.07. The summed E-state index contributed by atoms with van der Waals surface area (Å²) >= 11 is 0. The number of benzene rings is 1. The average Bonchev–Trinajstić information content (AvgIpc) is 2.32. The van der Waals surface area contributed by atoms with Crippen molar-refractivity contribution < 1.29 is 8.78 Å². The summed E-state index contributed by atoms with van der Waals surface area (Å²) in [6.45, 7) is 5.24. The van der Waals surface area contributed by atoms with Crippen LogP contribution in [0.4, 0.5) is 8.78 Å². The van der Waals surface area contributed by atoms with E-state index in [-0.39, 0.29) is 36.0 Å². The summed E-state index contributed by atoms with van der Waals surface area (Å²) in [4.78, 5) is 4.14. The van der Waals surface area contributed by atoms with Crippen LogP contribution in [0.1, 0.15) is 25.8 Å². The zero-order chi connectivity index (χ0) is 14.3. The lowest BCUT2D eigenvalue weighted by molar-refractivity contribution is 0.553. The van der Waals surface area contributed by atoms with Gasteiger partial charge >= 0.3 is 0 Å². The number of nitrogens with two attached hydrogens (primary N) is 1. The van der Waals surface area contributed by atoms with E-state index in [0.717, 1.165) is 6.42 Å². The molecule has 1 rings (SSSR count). The molecule has 3 N–H and O–H groups in total. The third-order valence-electron chi connectivity index (χ3n) is 2.73. The Morgan fingerprint density at radius 1 is 1.30 bits per heavy atom. The van der Waals surface area contributed by atoms with Gasteiger partial charge in [-0.3, -0.25) is 4.99 Å². The van der Waals surface area contributed by atoms with Gasteiger partial charge in [-0.1, -0.05) is 19.9 Å². The molecule has 0 radical (unpaired) electrons. The molecule has 0 aromatic heterocycles. The molecule has 20 heavy (non-hydrogen) atoms. The Balaban J connectivity index is 0.00000361. The Bertz CT molecular complexity index is 416. The Hall–Kier alpha value is -0.920. The van der Waals surface area contributed by atoms with E-state index in [9.17, 15) is 8.78 Å². The monoisotopic (exact) mass is 397 g/mol. The number of hydrogen-bond acceptors (Lipinski definition) is 1. The Labute approximate surface area is 136 Å². The third kappa shape index (κ3) is 7.02. The summed E-state index contributed by atoms with van der Waals surface area (Å²) in [6, 6.07) is 3.85. The second-order valence-corrected chi connectivity index (χ2v) is 4.83. The van der Waals surface area contributed by atoms with Crippen LogP contribution in [0.2, 0.25) is 0 Å². The van der Waals surface area contributed by atoms with Crippen LogP contribution >= 0.6 is 24.0 Å². The van der Waals surface area contributed by atoms with Gasteiger partial charge in [0.1, 0.15) is 11.6 Å². The fraction of sp³-hybridized carbons (Fsp3) is 0.500. The fourth-order valence-corrected chi connectivity index (χ4v) is 1.59. The number of halogens is 3. The second-order valence-electron chi connectivity index (χ2n) is 4.83. The second kappa shape index (κ2) is 9.90. The van der Waals surface area contributed by atoms with E-state index in [0.29, 0.717) is 25.0 Å². The number of rotatable bonds is 6. The van der Waals surface area contributed by atoms with E-state index in [1.165, 1.54) is 18.2 Å². The van der Waals surface area contributed by atoms with Gasteiger partial charge in [0.2, 0.25) is 0 Å². The van der Waals surface area contributed by atoms with Crippen molar-refractivity contribution in [3.05, 3.63) is 35.4 Å². The number of guanidine groups is 1. The summed E-state index contributed by atoms with van der Waals surface area (Å²) in [6.07, 6.45) is 1.20. The summed E-state index contributed by atoms with van der Waals surface area (Å²) in [5.74, 6) is -0.171. The van der Waals surface area contributed by atoms with Gasteiger partial charge < -0.3 is 11.1 Å². The topological polar surface area (TPSA) is 50.4 Å². The number of hydrogen-bond donors (Lipinski definition) is 2. The first-order valence-electron chi connectivity index (χ1n) is 6.47. The first-order chi connectivity index (χ1) is 9.00. The minimum absolute atomic E-state index is 0. The van der Waals surface area contributed by atoms with Crippen molar-refractivity contribution >= 4 is 29.9 Å². The molecule has 0 aliphatic carbocycles. The first kappa shape index (κ1) is 19.1. The molecule has 0 amide bonds. The van der Waals surface area contributed by atoms with Crippen molar-refractivity contribution in [3.8, 4) is 0 Å². The molecule has 114 valence electrons. The van der Waals surface area contributed by atoms with E-state index >= 15 is 0 Å². The van der Waals surface area contributed by atoms with Crippen LogP contribution in [-0.2, 0) is 6.42 Å². The number of aliphatic imine (C=N–C) groups is 1. The quantitative estimate of drug-likeness (QED) is 0.441. The van der Waals surface area contributed by atoms with Gasteiger partial charge in [0.15, 0.2) is 5.96 Å². The highest BCUT2D eigenvalue weighted by atomic mass is 127. The lowest BCUT2D eigenvalue weighted by Gasteiger charge is -2.08. The predicted molar refractivity (Wildman–Crippen MR) is 89.4 cm³/mol. The van der Waals surface area contributed by atoms with Crippen molar-refractivity contribution in [1.82, 2.24) is 5.32 Å². The number of nitrogens with zero attached hydrogens (tertiary/aromatic N) is 1. The molecular formula is C14H22F2IN3. The molecule has 1 aromatic rings. The number of nitrogens with one attached hydrogen (secondary N) is 1. The van der Waals surface area contributed by atoms with Crippen molar-refractivity contribution in [1.29, 1.82) is 0 Å². The normalized spacial score (nSPS) is 11.3. The lowest BCUT2D eigenvalue weighted by Crippen LogP contribution is -2.33. The molecule has 1 aromatic carbocycles. The summed E-state index contributed by atoms with van der Waals surface area (Å²) < 4.78 is 26.7. The molecule has 0 fully saturated rings. The zero-order valence-corrected chi connectivity index (χ0v) is 14.2. The SMILES string of the molecule is CC(C)CCN=C(N)NCCc1c(F)cccc1F.I. The van der Waals surface area contributed by atoms with E-state index in [1.807, 2.05) is 0 Å². The minimum Gasteiger partial charge on any atom is -0.370 e. The molecule has 3 nitrogen and oxygen atoms in total. The maximum absolute atomic E-state index is 13.3. The largest absolute Gasteiger partial charge is 0.370 e. The van der Waals surface area contributed by atoms with Gasteiger partial charge in [0.25, 0.3) is 0 Å². The molecule has 0 atom stereocenters. The molecule has 6 heteroatoms. The molecular weight excluding hydrogens is 375 g/mol. The molecule has 0 aliphatic rings. The van der Waals surface area contributed by atoms with E-state index in [4.69, 9.17) is 5.73 Å². The van der Waals surface area contributed by atoms with Gasteiger partial charge in [-0.25, -0.2) is 8.78 Å². The van der Waals surface area contributed by atoms with Gasteiger partial charge in [-0.15, -0.1) is 24.0 Å². The van der Waals surface area contributed by atoms with Crippen LogP contribution in [0.3, 0.4) is 0 Å². The molecule has 0 saturated carbocycles. The third-order valence-corrected chi connectivity index (χ3v) is 2.73. The Kier molecular flexibility index (Phi) is 9.45. The Morgan fingerprint density at radius 2 is 1.90 bits per heavy atom. The van der Waals surface area contributed by atoms with Crippen LogP contribution in [0.15, 0.2) is 23.2 Å². The van der Waals surface area contributed by atoms with Crippen LogP contribution < -0.4 is 11.1 Å². The molecule has 0 bridgehead atoms. The van der Waals surface area contributed by atoms with Gasteiger partial charge in [0, 0.05) is 18.7 Å². The van der Waals surface area contributed by atoms with Gasteiger partial charge in [-0.05, 0) is 30.9 Å². The first-order valence-corrected chi connectivity index (χ1v) is 6.47. The fourth-order valence-electron chi connectivity index (χ4n) is 1.59. The maximum Gasteiger partial charge on any atom is 0.188 e. The van der Waals surface area contributed by atoms with Crippen molar-refractivity contribution in [2.75, 3.05) is 13.1 Å². The minimum atomic E-state index is -0.530. The van der Waals surface area contributed by atoms with E-state index < -0.39 is 11.6 Å². The smallest absolute Gasteiger partial charge is 0.188 e. The Morgan fingerprint density at radius 3 is 2.45 bits per heavy atom. The van der Waals surface area contributed by atoms with E-state index in [1.54, 1.807) is 0 Å². The van der Waals surface area contributed by atoms with Crippen molar-refractivity contribution in [2.24, 2.45) is 16.6 Å².